The molecule has 0 unspecified atom stereocenters. The minimum absolute atomic E-state index is 0.275. The Hall–Kier alpha value is -2.50. The van der Waals surface area contributed by atoms with E-state index in [1.807, 2.05) is 13.0 Å². The number of rotatable bonds is 4. The van der Waals surface area contributed by atoms with Crippen molar-refractivity contribution in [1.82, 2.24) is 20.2 Å². The SMILES string of the molecule is CCCNc1nc(-c2cc(C)cc(F)c2)c2cn[nH]c2n1. The van der Waals surface area contributed by atoms with Crippen molar-refractivity contribution < 1.29 is 4.39 Å². The van der Waals surface area contributed by atoms with E-state index in [9.17, 15) is 4.39 Å². The number of halogens is 1. The van der Waals surface area contributed by atoms with Crippen LogP contribution >= 0.6 is 0 Å². The number of aryl methyl sites for hydroxylation is 1. The second-order valence-electron chi connectivity index (χ2n) is 4.97. The van der Waals surface area contributed by atoms with Crippen LogP contribution < -0.4 is 5.32 Å². The van der Waals surface area contributed by atoms with E-state index in [0.29, 0.717) is 17.3 Å². The molecule has 2 N–H and O–H groups in total. The van der Waals surface area contributed by atoms with Crippen molar-refractivity contribution in [2.75, 3.05) is 11.9 Å². The van der Waals surface area contributed by atoms with Gasteiger partial charge in [0.25, 0.3) is 0 Å². The van der Waals surface area contributed by atoms with E-state index in [2.05, 4.69) is 32.4 Å². The molecule has 0 fully saturated rings. The number of benzene rings is 1. The summed E-state index contributed by atoms with van der Waals surface area (Å²) >= 11 is 0. The Morgan fingerprint density at radius 2 is 2.10 bits per heavy atom. The number of H-pyrrole nitrogens is 1. The van der Waals surface area contributed by atoms with Gasteiger partial charge in [0, 0.05) is 12.1 Å². The molecule has 0 bridgehead atoms. The van der Waals surface area contributed by atoms with Crippen LogP contribution in [0.15, 0.2) is 24.4 Å². The molecular formula is C15H16FN5. The molecule has 0 amide bonds. The lowest BCUT2D eigenvalue weighted by Gasteiger charge is -2.08. The van der Waals surface area contributed by atoms with Gasteiger partial charge < -0.3 is 5.32 Å². The van der Waals surface area contributed by atoms with Crippen LogP contribution in [0.25, 0.3) is 22.3 Å². The third-order valence-electron chi connectivity index (χ3n) is 3.16. The molecule has 0 aliphatic rings. The lowest BCUT2D eigenvalue weighted by molar-refractivity contribution is 0.627. The molecule has 0 atom stereocenters. The van der Waals surface area contributed by atoms with Crippen molar-refractivity contribution in [3.63, 3.8) is 0 Å². The summed E-state index contributed by atoms with van der Waals surface area (Å²) in [5.41, 5.74) is 2.89. The first kappa shape index (κ1) is 13.5. The zero-order valence-corrected chi connectivity index (χ0v) is 11.9. The molecule has 0 radical (unpaired) electrons. The van der Waals surface area contributed by atoms with Gasteiger partial charge in [-0.25, -0.2) is 9.37 Å². The van der Waals surface area contributed by atoms with E-state index in [4.69, 9.17) is 0 Å². The topological polar surface area (TPSA) is 66.5 Å². The standard InChI is InChI=1S/C15H16FN5/c1-3-4-17-15-19-13(12-8-18-21-14(12)20-15)10-5-9(2)6-11(16)7-10/h5-8H,3-4H2,1-2H3,(H2,17,18,19,20,21). The molecule has 6 heteroatoms. The Bertz CT molecular complexity index is 761. The highest BCUT2D eigenvalue weighted by Crippen LogP contribution is 2.27. The molecule has 2 aromatic heterocycles. The van der Waals surface area contributed by atoms with Gasteiger partial charge in [-0.3, -0.25) is 5.10 Å². The van der Waals surface area contributed by atoms with Crippen LogP contribution in [0, 0.1) is 12.7 Å². The monoisotopic (exact) mass is 285 g/mol. The van der Waals surface area contributed by atoms with E-state index >= 15 is 0 Å². The normalized spacial score (nSPS) is 11.0. The van der Waals surface area contributed by atoms with Gasteiger partial charge in [-0.2, -0.15) is 10.1 Å². The molecule has 108 valence electrons. The molecule has 3 aromatic rings. The number of aromatic nitrogens is 4. The minimum Gasteiger partial charge on any atom is -0.354 e. The van der Waals surface area contributed by atoms with Crippen molar-refractivity contribution in [3.05, 3.63) is 35.8 Å². The summed E-state index contributed by atoms with van der Waals surface area (Å²) in [6, 6.07) is 4.88. The Morgan fingerprint density at radius 1 is 1.24 bits per heavy atom. The van der Waals surface area contributed by atoms with Crippen LogP contribution in [-0.2, 0) is 0 Å². The first-order valence-corrected chi connectivity index (χ1v) is 6.90. The lowest BCUT2D eigenvalue weighted by Crippen LogP contribution is -2.05. The molecule has 0 spiro atoms. The highest BCUT2D eigenvalue weighted by molar-refractivity contribution is 5.90. The maximum atomic E-state index is 13.7. The van der Waals surface area contributed by atoms with E-state index in [0.717, 1.165) is 29.5 Å². The fraction of sp³-hybridized carbons (Fsp3) is 0.267. The number of aromatic amines is 1. The predicted molar refractivity (Wildman–Crippen MR) is 80.6 cm³/mol. The Morgan fingerprint density at radius 3 is 2.86 bits per heavy atom. The first-order chi connectivity index (χ1) is 10.2. The molecule has 5 nitrogen and oxygen atoms in total. The van der Waals surface area contributed by atoms with Crippen LogP contribution in [0.5, 0.6) is 0 Å². The summed E-state index contributed by atoms with van der Waals surface area (Å²) < 4.78 is 13.7. The molecule has 0 saturated heterocycles. The smallest absolute Gasteiger partial charge is 0.225 e. The molecule has 0 aliphatic carbocycles. The lowest BCUT2D eigenvalue weighted by atomic mass is 10.1. The molecule has 2 heterocycles. The quantitative estimate of drug-likeness (QED) is 0.772. The van der Waals surface area contributed by atoms with Gasteiger partial charge in [0.1, 0.15) is 5.82 Å². The fourth-order valence-corrected chi connectivity index (χ4v) is 2.24. The van der Waals surface area contributed by atoms with E-state index in [1.54, 1.807) is 6.20 Å². The van der Waals surface area contributed by atoms with Gasteiger partial charge in [-0.05, 0) is 37.1 Å². The van der Waals surface area contributed by atoms with Crippen LogP contribution in [0.1, 0.15) is 18.9 Å². The number of nitrogens with one attached hydrogen (secondary N) is 2. The van der Waals surface area contributed by atoms with E-state index in [1.165, 1.54) is 12.1 Å². The van der Waals surface area contributed by atoms with Gasteiger partial charge in [0.2, 0.25) is 5.95 Å². The molecule has 3 rings (SSSR count). The summed E-state index contributed by atoms with van der Waals surface area (Å²) in [5.74, 6) is 0.244. The van der Waals surface area contributed by atoms with Crippen molar-refractivity contribution >= 4 is 17.0 Å². The van der Waals surface area contributed by atoms with Gasteiger partial charge in [0.05, 0.1) is 17.3 Å². The summed E-state index contributed by atoms with van der Waals surface area (Å²) in [6.45, 7) is 4.70. The molecule has 1 aromatic carbocycles. The van der Waals surface area contributed by atoms with Crippen LogP contribution in [0.2, 0.25) is 0 Å². The number of hydrogen-bond donors (Lipinski definition) is 2. The highest BCUT2D eigenvalue weighted by Gasteiger charge is 2.12. The van der Waals surface area contributed by atoms with Crippen LogP contribution in [0.4, 0.5) is 10.3 Å². The summed E-state index contributed by atoms with van der Waals surface area (Å²) in [4.78, 5) is 8.88. The van der Waals surface area contributed by atoms with Crippen LogP contribution in [-0.4, -0.2) is 26.7 Å². The van der Waals surface area contributed by atoms with Gasteiger partial charge in [-0.1, -0.05) is 6.92 Å². The number of anilines is 1. The number of hydrogen-bond acceptors (Lipinski definition) is 4. The van der Waals surface area contributed by atoms with Gasteiger partial charge in [0.15, 0.2) is 5.65 Å². The maximum absolute atomic E-state index is 13.7. The number of nitrogens with zero attached hydrogens (tertiary/aromatic N) is 3. The van der Waals surface area contributed by atoms with Crippen molar-refractivity contribution in [2.45, 2.75) is 20.3 Å². The van der Waals surface area contributed by atoms with Crippen molar-refractivity contribution in [2.24, 2.45) is 0 Å². The molecular weight excluding hydrogens is 269 g/mol. The Labute approximate surface area is 121 Å². The fourth-order valence-electron chi connectivity index (χ4n) is 2.24. The maximum Gasteiger partial charge on any atom is 0.225 e. The Kier molecular flexibility index (Phi) is 3.51. The third-order valence-corrected chi connectivity index (χ3v) is 3.16. The predicted octanol–water partition coefficient (Wildman–Crippen LogP) is 3.29. The van der Waals surface area contributed by atoms with Crippen molar-refractivity contribution in [1.29, 1.82) is 0 Å². The number of fused-ring (bicyclic) bond motifs is 1. The van der Waals surface area contributed by atoms with Crippen LogP contribution in [0.3, 0.4) is 0 Å². The highest BCUT2D eigenvalue weighted by atomic mass is 19.1. The zero-order valence-electron chi connectivity index (χ0n) is 11.9. The van der Waals surface area contributed by atoms with Gasteiger partial charge >= 0.3 is 0 Å². The van der Waals surface area contributed by atoms with E-state index in [-0.39, 0.29) is 5.82 Å². The van der Waals surface area contributed by atoms with Crippen molar-refractivity contribution in [3.8, 4) is 11.3 Å². The third kappa shape index (κ3) is 2.69. The largest absolute Gasteiger partial charge is 0.354 e. The second kappa shape index (κ2) is 5.47. The zero-order chi connectivity index (χ0) is 14.8. The second-order valence-corrected chi connectivity index (χ2v) is 4.97. The summed E-state index contributed by atoms with van der Waals surface area (Å²) in [5, 5.41) is 10.8. The summed E-state index contributed by atoms with van der Waals surface area (Å²) in [7, 11) is 0. The van der Waals surface area contributed by atoms with E-state index < -0.39 is 0 Å². The molecule has 0 aliphatic heterocycles. The average Bonchev–Trinajstić information content (AvgIpc) is 2.91. The average molecular weight is 285 g/mol. The van der Waals surface area contributed by atoms with Gasteiger partial charge in [-0.15, -0.1) is 0 Å². The summed E-state index contributed by atoms with van der Waals surface area (Å²) in [6.07, 6.45) is 2.63. The minimum atomic E-state index is -0.275. The molecule has 0 saturated carbocycles. The Balaban J connectivity index is 2.17. The first-order valence-electron chi connectivity index (χ1n) is 6.90. The molecule has 21 heavy (non-hydrogen) atoms.